The number of halogens is 1. The van der Waals surface area contributed by atoms with E-state index in [2.05, 4.69) is 4.72 Å². The SMILES string of the molecule is O=C(O)[C@@]1(NS(=O)(=O)c2ccc3c(c2)Cc2cc(Cl)ccc2-3)C[C@H]1c1ccccc1. The van der Waals surface area contributed by atoms with Gasteiger partial charge in [0, 0.05) is 10.9 Å². The van der Waals surface area contributed by atoms with Crippen molar-refractivity contribution in [3.05, 3.63) is 88.4 Å². The third-order valence-electron chi connectivity index (χ3n) is 5.99. The van der Waals surface area contributed by atoms with Crippen molar-refractivity contribution in [3.8, 4) is 11.1 Å². The van der Waals surface area contributed by atoms with Crippen molar-refractivity contribution in [2.75, 3.05) is 0 Å². The third kappa shape index (κ3) is 3.03. The highest BCUT2D eigenvalue weighted by molar-refractivity contribution is 7.89. The Bertz CT molecular complexity index is 1290. The van der Waals surface area contributed by atoms with Crippen molar-refractivity contribution >= 4 is 27.6 Å². The van der Waals surface area contributed by atoms with Crippen molar-refractivity contribution < 1.29 is 18.3 Å². The molecule has 0 bridgehead atoms. The minimum Gasteiger partial charge on any atom is -0.480 e. The Morgan fingerprint density at radius 1 is 1.00 bits per heavy atom. The molecule has 0 aromatic heterocycles. The minimum atomic E-state index is -4.02. The van der Waals surface area contributed by atoms with Crippen LogP contribution in [0.15, 0.2) is 71.6 Å². The van der Waals surface area contributed by atoms with Crippen LogP contribution >= 0.6 is 11.6 Å². The summed E-state index contributed by atoms with van der Waals surface area (Å²) in [7, 11) is -4.02. The Morgan fingerprint density at radius 2 is 1.67 bits per heavy atom. The molecule has 0 amide bonds. The van der Waals surface area contributed by atoms with Gasteiger partial charge in [0.25, 0.3) is 0 Å². The van der Waals surface area contributed by atoms with Crippen LogP contribution in [0.1, 0.15) is 29.0 Å². The lowest BCUT2D eigenvalue weighted by Gasteiger charge is -2.16. The van der Waals surface area contributed by atoms with Crippen molar-refractivity contribution in [2.24, 2.45) is 0 Å². The first kappa shape index (κ1) is 19.3. The highest BCUT2D eigenvalue weighted by atomic mass is 35.5. The summed E-state index contributed by atoms with van der Waals surface area (Å²) < 4.78 is 28.7. The molecular formula is C23H18ClNO4S. The fourth-order valence-corrected chi connectivity index (χ4v) is 6.01. The van der Waals surface area contributed by atoms with E-state index in [4.69, 9.17) is 11.6 Å². The Morgan fingerprint density at radius 3 is 2.37 bits per heavy atom. The van der Waals surface area contributed by atoms with E-state index in [1.165, 1.54) is 6.07 Å². The maximum atomic E-state index is 13.1. The third-order valence-corrected chi connectivity index (χ3v) is 7.73. The molecule has 152 valence electrons. The number of hydrogen-bond acceptors (Lipinski definition) is 3. The molecule has 5 rings (SSSR count). The largest absolute Gasteiger partial charge is 0.480 e. The van der Waals surface area contributed by atoms with Crippen molar-refractivity contribution in [3.63, 3.8) is 0 Å². The summed E-state index contributed by atoms with van der Waals surface area (Å²) in [4.78, 5) is 12.1. The summed E-state index contributed by atoms with van der Waals surface area (Å²) in [6, 6.07) is 19.7. The lowest BCUT2D eigenvalue weighted by atomic mass is 10.1. The quantitative estimate of drug-likeness (QED) is 0.488. The van der Waals surface area contributed by atoms with Gasteiger partial charge >= 0.3 is 5.97 Å². The molecule has 3 aromatic carbocycles. The van der Waals surface area contributed by atoms with Gasteiger partial charge in [0.2, 0.25) is 10.0 Å². The van der Waals surface area contributed by atoms with Gasteiger partial charge in [-0.25, -0.2) is 8.42 Å². The lowest BCUT2D eigenvalue weighted by molar-refractivity contribution is -0.140. The molecule has 0 radical (unpaired) electrons. The van der Waals surface area contributed by atoms with Gasteiger partial charge in [-0.2, -0.15) is 4.72 Å². The second kappa shape index (κ2) is 6.67. The molecule has 0 unspecified atom stereocenters. The highest BCUT2D eigenvalue weighted by Gasteiger charge is 2.63. The van der Waals surface area contributed by atoms with Crippen molar-refractivity contribution in [1.82, 2.24) is 4.72 Å². The number of aliphatic carboxylic acids is 1. The zero-order valence-corrected chi connectivity index (χ0v) is 17.4. The number of sulfonamides is 1. The van der Waals surface area contributed by atoms with E-state index >= 15 is 0 Å². The molecule has 0 aliphatic heterocycles. The Hall–Kier alpha value is -2.67. The van der Waals surface area contributed by atoms with Crippen LogP contribution in [-0.2, 0) is 21.2 Å². The van der Waals surface area contributed by atoms with Gasteiger partial charge in [0.1, 0.15) is 5.54 Å². The predicted molar refractivity (Wildman–Crippen MR) is 114 cm³/mol. The summed E-state index contributed by atoms with van der Waals surface area (Å²) >= 11 is 6.08. The zero-order valence-electron chi connectivity index (χ0n) is 15.8. The predicted octanol–water partition coefficient (Wildman–Crippen LogP) is 4.20. The number of benzene rings is 3. The van der Waals surface area contributed by atoms with Gasteiger partial charge in [0.05, 0.1) is 4.90 Å². The number of carboxylic acid groups (broad SMARTS) is 1. The summed E-state index contributed by atoms with van der Waals surface area (Å²) in [6.45, 7) is 0. The van der Waals surface area contributed by atoms with E-state index in [-0.39, 0.29) is 11.3 Å². The maximum absolute atomic E-state index is 13.1. The molecule has 3 aromatic rings. The molecule has 5 nitrogen and oxygen atoms in total. The van der Waals surface area contributed by atoms with Crippen LogP contribution < -0.4 is 4.72 Å². The lowest BCUT2D eigenvalue weighted by Crippen LogP contribution is -2.44. The van der Waals surface area contributed by atoms with Gasteiger partial charge in [-0.15, -0.1) is 0 Å². The molecule has 2 atom stereocenters. The Kier molecular flexibility index (Phi) is 4.29. The fourth-order valence-electron chi connectivity index (χ4n) is 4.37. The summed E-state index contributed by atoms with van der Waals surface area (Å²) in [6.07, 6.45) is 0.811. The average molecular weight is 440 g/mol. The minimum absolute atomic E-state index is 0.0690. The Labute approximate surface area is 179 Å². The first-order valence-corrected chi connectivity index (χ1v) is 11.4. The second-order valence-corrected chi connectivity index (χ2v) is 9.97. The van der Waals surface area contributed by atoms with Gasteiger partial charge in [-0.3, -0.25) is 4.79 Å². The van der Waals surface area contributed by atoms with Crippen LogP contribution in [-0.4, -0.2) is 25.0 Å². The maximum Gasteiger partial charge on any atom is 0.325 e. The van der Waals surface area contributed by atoms with Gasteiger partial charge in [-0.05, 0) is 64.9 Å². The van der Waals surface area contributed by atoms with E-state index in [9.17, 15) is 18.3 Å². The van der Waals surface area contributed by atoms with E-state index in [0.29, 0.717) is 11.4 Å². The molecule has 1 fully saturated rings. The molecule has 0 heterocycles. The number of carboxylic acids is 1. The van der Waals surface area contributed by atoms with Crippen LogP contribution in [0.25, 0.3) is 11.1 Å². The number of carbonyl (C=O) groups is 1. The fraction of sp³-hybridized carbons (Fsp3) is 0.174. The van der Waals surface area contributed by atoms with E-state index < -0.39 is 27.4 Å². The standard InChI is InChI=1S/C23H18ClNO4S/c24-17-6-8-19-15(11-17)10-16-12-18(7-9-20(16)19)30(28,29)25-23(22(26)27)13-21(23)14-4-2-1-3-5-14/h1-9,11-12,21,25H,10,13H2,(H,26,27)/t21-,23+/m0/s1. The molecule has 0 saturated heterocycles. The Balaban J connectivity index is 1.46. The molecule has 7 heteroatoms. The second-order valence-electron chi connectivity index (χ2n) is 7.85. The number of fused-ring (bicyclic) bond motifs is 3. The summed E-state index contributed by atoms with van der Waals surface area (Å²) in [5.41, 5.74) is 3.24. The molecule has 0 spiro atoms. The van der Waals surface area contributed by atoms with E-state index in [1.807, 2.05) is 48.5 Å². The topological polar surface area (TPSA) is 83.5 Å². The highest BCUT2D eigenvalue weighted by Crippen LogP contribution is 2.52. The van der Waals surface area contributed by atoms with Gasteiger partial charge in [-0.1, -0.05) is 54.1 Å². The molecule has 2 aliphatic carbocycles. The normalized spacial score (nSPS) is 21.7. The zero-order chi connectivity index (χ0) is 21.1. The van der Waals surface area contributed by atoms with E-state index in [0.717, 1.165) is 27.8 Å². The van der Waals surface area contributed by atoms with Crippen LogP contribution in [0, 0.1) is 0 Å². The summed E-state index contributed by atoms with van der Waals surface area (Å²) in [5.74, 6) is -1.56. The average Bonchev–Trinajstić information content (AvgIpc) is 3.33. The molecular weight excluding hydrogens is 422 g/mol. The van der Waals surface area contributed by atoms with Crippen LogP contribution in [0.4, 0.5) is 0 Å². The van der Waals surface area contributed by atoms with Crippen LogP contribution in [0.2, 0.25) is 5.02 Å². The first-order chi connectivity index (χ1) is 14.3. The van der Waals surface area contributed by atoms with E-state index in [1.54, 1.807) is 12.1 Å². The molecule has 30 heavy (non-hydrogen) atoms. The molecule has 2 aliphatic rings. The van der Waals surface area contributed by atoms with Crippen LogP contribution in [0.5, 0.6) is 0 Å². The monoisotopic (exact) mass is 439 g/mol. The molecule has 1 saturated carbocycles. The van der Waals surface area contributed by atoms with Gasteiger partial charge in [0.15, 0.2) is 0 Å². The van der Waals surface area contributed by atoms with Crippen LogP contribution in [0.3, 0.4) is 0 Å². The van der Waals surface area contributed by atoms with Crippen molar-refractivity contribution in [2.45, 2.75) is 29.2 Å². The number of rotatable bonds is 5. The summed E-state index contributed by atoms with van der Waals surface area (Å²) in [5, 5.41) is 10.4. The van der Waals surface area contributed by atoms with Crippen molar-refractivity contribution in [1.29, 1.82) is 0 Å². The van der Waals surface area contributed by atoms with Gasteiger partial charge < -0.3 is 5.11 Å². The first-order valence-electron chi connectivity index (χ1n) is 9.54. The smallest absolute Gasteiger partial charge is 0.325 e. The number of hydrogen-bond donors (Lipinski definition) is 2. The molecule has 2 N–H and O–H groups in total. The number of nitrogens with one attached hydrogen (secondary N) is 1.